The van der Waals surface area contributed by atoms with Gasteiger partial charge >= 0.3 is 0 Å². The monoisotopic (exact) mass is 182 g/mol. The minimum Gasteiger partial charge on any atom is -0.381 e. The van der Waals surface area contributed by atoms with Gasteiger partial charge in [0.05, 0.1) is 0 Å². The number of aromatic nitrogens is 1. The summed E-state index contributed by atoms with van der Waals surface area (Å²) >= 11 is 0. The van der Waals surface area contributed by atoms with Gasteiger partial charge in [0.1, 0.15) is 5.76 Å². The molecule has 0 spiro atoms. The molecule has 0 fully saturated rings. The molecule has 0 atom stereocenters. The Labute approximate surface area is 79.3 Å². The van der Waals surface area contributed by atoms with E-state index in [2.05, 4.69) is 19.0 Å². The van der Waals surface area contributed by atoms with Gasteiger partial charge in [-0.2, -0.15) is 0 Å². The summed E-state index contributed by atoms with van der Waals surface area (Å²) in [5.74, 6) is 1.54. The van der Waals surface area contributed by atoms with Crippen LogP contribution in [-0.2, 0) is 12.8 Å². The van der Waals surface area contributed by atoms with Crippen LogP contribution in [0.4, 0.5) is 5.82 Å². The van der Waals surface area contributed by atoms with Crippen molar-refractivity contribution in [3.63, 3.8) is 0 Å². The molecule has 0 unspecified atom stereocenters. The van der Waals surface area contributed by atoms with Crippen LogP contribution in [0.3, 0.4) is 0 Å². The molecule has 0 saturated heterocycles. The van der Waals surface area contributed by atoms with Crippen molar-refractivity contribution in [1.82, 2.24) is 5.16 Å². The number of aryl methyl sites for hydroxylation is 1. The molecule has 0 bridgehead atoms. The molecule has 0 amide bonds. The lowest BCUT2D eigenvalue weighted by molar-refractivity contribution is 0.380. The van der Waals surface area contributed by atoms with E-state index in [1.54, 1.807) is 0 Å². The Hall–Kier alpha value is -0.990. The van der Waals surface area contributed by atoms with Crippen LogP contribution < -0.4 is 5.73 Å². The molecule has 0 aliphatic rings. The summed E-state index contributed by atoms with van der Waals surface area (Å²) in [5.41, 5.74) is 6.74. The maximum Gasteiger partial charge on any atom is 0.170 e. The maximum absolute atomic E-state index is 5.65. The summed E-state index contributed by atoms with van der Waals surface area (Å²) in [5, 5.41) is 3.77. The van der Waals surface area contributed by atoms with Gasteiger partial charge in [0, 0.05) is 12.0 Å². The van der Waals surface area contributed by atoms with E-state index in [4.69, 9.17) is 10.3 Å². The van der Waals surface area contributed by atoms with Crippen molar-refractivity contribution in [3.8, 4) is 0 Å². The second-order valence-corrected chi connectivity index (χ2v) is 3.28. The lowest BCUT2D eigenvalue weighted by Crippen LogP contribution is -1.93. The van der Waals surface area contributed by atoms with Crippen LogP contribution in [0.25, 0.3) is 0 Å². The number of hydrogen-bond donors (Lipinski definition) is 1. The van der Waals surface area contributed by atoms with Crippen molar-refractivity contribution < 1.29 is 4.52 Å². The first-order chi connectivity index (χ1) is 6.29. The molecule has 0 aromatic carbocycles. The predicted molar refractivity (Wildman–Crippen MR) is 53.5 cm³/mol. The average molecular weight is 182 g/mol. The zero-order valence-corrected chi connectivity index (χ0v) is 8.47. The van der Waals surface area contributed by atoms with Gasteiger partial charge in [-0.1, -0.05) is 31.8 Å². The molecule has 2 N–H and O–H groups in total. The molecule has 0 saturated carbocycles. The number of nitrogen functional groups attached to an aromatic ring is 1. The predicted octanol–water partition coefficient (Wildman–Crippen LogP) is 2.55. The van der Waals surface area contributed by atoms with E-state index in [0.29, 0.717) is 5.82 Å². The summed E-state index contributed by atoms with van der Waals surface area (Å²) in [7, 11) is 0. The number of hydrogen-bond acceptors (Lipinski definition) is 3. The van der Waals surface area contributed by atoms with Crippen molar-refractivity contribution in [2.75, 3.05) is 5.73 Å². The Morgan fingerprint density at radius 2 is 2.08 bits per heavy atom. The fourth-order valence-corrected chi connectivity index (χ4v) is 1.47. The first-order valence-corrected chi connectivity index (χ1v) is 5.02. The van der Waals surface area contributed by atoms with Gasteiger partial charge < -0.3 is 10.3 Å². The van der Waals surface area contributed by atoms with Crippen LogP contribution in [0, 0.1) is 0 Å². The van der Waals surface area contributed by atoms with Crippen molar-refractivity contribution in [1.29, 1.82) is 0 Å². The first kappa shape index (κ1) is 10.1. The molecule has 13 heavy (non-hydrogen) atoms. The second-order valence-electron chi connectivity index (χ2n) is 3.28. The molecule has 3 nitrogen and oxygen atoms in total. The van der Waals surface area contributed by atoms with Crippen LogP contribution in [0.1, 0.15) is 44.4 Å². The smallest absolute Gasteiger partial charge is 0.170 e. The van der Waals surface area contributed by atoms with E-state index in [0.717, 1.165) is 30.6 Å². The molecule has 0 aliphatic carbocycles. The number of anilines is 1. The van der Waals surface area contributed by atoms with Gasteiger partial charge in [-0.3, -0.25) is 0 Å². The standard InChI is InChI=1S/C10H18N2O/c1-3-5-6-7-9-8(4-2)10(11)12-13-9/h3-7H2,1-2H3,(H2,11,12). The highest BCUT2D eigenvalue weighted by atomic mass is 16.5. The fraction of sp³-hybridized carbons (Fsp3) is 0.700. The maximum atomic E-state index is 5.65. The molecular formula is C10H18N2O. The highest BCUT2D eigenvalue weighted by molar-refractivity contribution is 5.40. The fourth-order valence-electron chi connectivity index (χ4n) is 1.47. The zero-order chi connectivity index (χ0) is 9.68. The Morgan fingerprint density at radius 3 is 2.69 bits per heavy atom. The Bertz CT molecular complexity index is 255. The van der Waals surface area contributed by atoms with Gasteiger partial charge in [-0.25, -0.2) is 0 Å². The van der Waals surface area contributed by atoms with E-state index in [1.165, 1.54) is 12.8 Å². The van der Waals surface area contributed by atoms with Gasteiger partial charge in [-0.05, 0) is 12.8 Å². The molecule has 0 radical (unpaired) electrons. The quantitative estimate of drug-likeness (QED) is 0.712. The van der Waals surface area contributed by atoms with Gasteiger partial charge in [0.15, 0.2) is 5.82 Å². The molecule has 1 aromatic heterocycles. The molecular weight excluding hydrogens is 164 g/mol. The van der Waals surface area contributed by atoms with Crippen LogP contribution in [0.15, 0.2) is 4.52 Å². The van der Waals surface area contributed by atoms with Crippen LogP contribution in [0.5, 0.6) is 0 Å². The number of unbranched alkanes of at least 4 members (excludes halogenated alkanes) is 2. The molecule has 0 aliphatic heterocycles. The van der Waals surface area contributed by atoms with Gasteiger partial charge in [-0.15, -0.1) is 0 Å². The van der Waals surface area contributed by atoms with Gasteiger partial charge in [0.25, 0.3) is 0 Å². The van der Waals surface area contributed by atoms with Crippen molar-refractivity contribution in [3.05, 3.63) is 11.3 Å². The third kappa shape index (κ3) is 2.47. The van der Waals surface area contributed by atoms with Crippen molar-refractivity contribution in [2.24, 2.45) is 0 Å². The number of rotatable bonds is 5. The van der Waals surface area contributed by atoms with Crippen LogP contribution in [0.2, 0.25) is 0 Å². The third-order valence-electron chi connectivity index (χ3n) is 2.26. The normalized spacial score (nSPS) is 10.6. The summed E-state index contributed by atoms with van der Waals surface area (Å²) < 4.78 is 5.16. The largest absolute Gasteiger partial charge is 0.381 e. The molecule has 3 heteroatoms. The van der Waals surface area contributed by atoms with Crippen LogP contribution in [-0.4, -0.2) is 5.16 Å². The van der Waals surface area contributed by atoms with E-state index in [1.807, 2.05) is 0 Å². The minimum atomic E-state index is 0.564. The third-order valence-corrected chi connectivity index (χ3v) is 2.26. The Balaban J connectivity index is 2.55. The zero-order valence-electron chi connectivity index (χ0n) is 8.47. The van der Waals surface area contributed by atoms with Crippen molar-refractivity contribution in [2.45, 2.75) is 46.0 Å². The van der Waals surface area contributed by atoms with E-state index in [-0.39, 0.29) is 0 Å². The molecule has 1 heterocycles. The number of nitrogens with two attached hydrogens (primary N) is 1. The molecule has 74 valence electrons. The minimum absolute atomic E-state index is 0.564. The van der Waals surface area contributed by atoms with E-state index >= 15 is 0 Å². The lowest BCUT2D eigenvalue weighted by Gasteiger charge is -1.97. The average Bonchev–Trinajstić information content (AvgIpc) is 2.47. The molecule has 1 aromatic rings. The summed E-state index contributed by atoms with van der Waals surface area (Å²) in [4.78, 5) is 0. The SMILES string of the molecule is CCCCCc1onc(N)c1CC. The molecule has 1 rings (SSSR count). The summed E-state index contributed by atoms with van der Waals surface area (Å²) in [6, 6.07) is 0. The van der Waals surface area contributed by atoms with E-state index in [9.17, 15) is 0 Å². The Kier molecular flexibility index (Phi) is 3.80. The summed E-state index contributed by atoms with van der Waals surface area (Å²) in [6.45, 7) is 4.27. The lowest BCUT2D eigenvalue weighted by atomic mass is 10.1. The Morgan fingerprint density at radius 1 is 1.31 bits per heavy atom. The second kappa shape index (κ2) is 4.90. The topological polar surface area (TPSA) is 52.0 Å². The van der Waals surface area contributed by atoms with Crippen molar-refractivity contribution >= 4 is 5.82 Å². The van der Waals surface area contributed by atoms with Gasteiger partial charge in [0.2, 0.25) is 0 Å². The highest BCUT2D eigenvalue weighted by Gasteiger charge is 2.10. The summed E-state index contributed by atoms with van der Waals surface area (Å²) in [6.07, 6.45) is 5.52. The first-order valence-electron chi connectivity index (χ1n) is 5.02. The van der Waals surface area contributed by atoms with Crippen LogP contribution >= 0.6 is 0 Å². The highest BCUT2D eigenvalue weighted by Crippen LogP contribution is 2.18. The number of nitrogens with zero attached hydrogens (tertiary/aromatic N) is 1. The van der Waals surface area contributed by atoms with E-state index < -0.39 is 0 Å².